The predicted octanol–water partition coefficient (Wildman–Crippen LogP) is -1.24. The fourth-order valence-electron chi connectivity index (χ4n) is 1.07. The third-order valence-corrected chi connectivity index (χ3v) is 2.67. The third kappa shape index (κ3) is 5.82. The summed E-state index contributed by atoms with van der Waals surface area (Å²) in [6.45, 7) is 3.50. The molecule has 0 spiro atoms. The van der Waals surface area contributed by atoms with Gasteiger partial charge in [-0.15, -0.1) is 0 Å². The van der Waals surface area contributed by atoms with Gasteiger partial charge in [-0.2, -0.15) is 0 Å². The number of rotatable bonds is 6. The summed E-state index contributed by atoms with van der Waals surface area (Å²) in [4.78, 5) is 22.5. The molecule has 0 saturated heterocycles. The van der Waals surface area contributed by atoms with E-state index in [9.17, 15) is 13.8 Å². The molecule has 6 nitrogen and oxygen atoms in total. The van der Waals surface area contributed by atoms with Crippen LogP contribution < -0.4 is 11.1 Å². The van der Waals surface area contributed by atoms with Crippen molar-refractivity contribution in [2.75, 3.05) is 18.6 Å². The summed E-state index contributed by atoms with van der Waals surface area (Å²) >= 11 is 0. The normalized spacial score (nSPS) is 16.0. The first-order valence-corrected chi connectivity index (χ1v) is 6.63. The van der Waals surface area contributed by atoms with Gasteiger partial charge in [-0.05, 0) is 13.8 Å². The topological polar surface area (TPSA) is 98.5 Å². The maximum atomic E-state index is 11.4. The fraction of sp³-hybridized carbons (Fsp3) is 0.778. The molecule has 0 radical (unpaired) electrons. The first-order valence-electron chi connectivity index (χ1n) is 4.91. The number of carbonyl (C=O) groups excluding carboxylic acids is 2. The number of nitrogens with two attached hydrogens (primary N) is 1. The Morgan fingerprint density at radius 2 is 2.06 bits per heavy atom. The molecule has 1 amide bonds. The number of ether oxygens (including phenoxy) is 1. The van der Waals surface area contributed by atoms with Crippen LogP contribution in [0.5, 0.6) is 0 Å². The van der Waals surface area contributed by atoms with Crippen LogP contribution in [0.15, 0.2) is 0 Å². The Bertz CT molecular complexity index is 283. The highest BCUT2D eigenvalue weighted by atomic mass is 32.2. The van der Waals surface area contributed by atoms with Crippen LogP contribution in [0.1, 0.15) is 13.8 Å². The standard InChI is InChI=1S/C9H18N2O4S/c1-4-15-9(13)7(10)8(12)11-6(2)5-16(3)14/h6-7H,4-5,10H2,1-3H3,(H,11,12). The Morgan fingerprint density at radius 1 is 1.50 bits per heavy atom. The van der Waals surface area contributed by atoms with Gasteiger partial charge in [-0.25, -0.2) is 4.79 Å². The van der Waals surface area contributed by atoms with Crippen molar-refractivity contribution >= 4 is 22.7 Å². The molecule has 0 rings (SSSR count). The molecular formula is C9H18N2O4S. The number of amides is 1. The maximum absolute atomic E-state index is 11.4. The van der Waals surface area contributed by atoms with Gasteiger partial charge in [0.15, 0.2) is 6.04 Å². The molecule has 0 aliphatic heterocycles. The SMILES string of the molecule is CCOC(=O)C(N)C(=O)NC(C)CS(C)=O. The lowest BCUT2D eigenvalue weighted by atomic mass is 10.2. The summed E-state index contributed by atoms with van der Waals surface area (Å²) in [7, 11) is -1.01. The summed E-state index contributed by atoms with van der Waals surface area (Å²) < 4.78 is 15.5. The molecule has 3 N–H and O–H groups in total. The lowest BCUT2D eigenvalue weighted by molar-refractivity contribution is -0.148. The third-order valence-electron chi connectivity index (χ3n) is 1.70. The fourth-order valence-corrected chi connectivity index (χ4v) is 1.85. The molecule has 0 aromatic carbocycles. The second-order valence-electron chi connectivity index (χ2n) is 3.38. The van der Waals surface area contributed by atoms with Crippen LogP contribution in [0.25, 0.3) is 0 Å². The van der Waals surface area contributed by atoms with Gasteiger partial charge in [0, 0.05) is 28.9 Å². The van der Waals surface area contributed by atoms with Crippen LogP contribution >= 0.6 is 0 Å². The van der Waals surface area contributed by atoms with Crippen molar-refractivity contribution in [2.45, 2.75) is 25.9 Å². The zero-order chi connectivity index (χ0) is 12.7. The quantitative estimate of drug-likeness (QED) is 0.454. The van der Waals surface area contributed by atoms with E-state index < -0.39 is 28.7 Å². The molecule has 3 unspecified atom stereocenters. The molecule has 3 atom stereocenters. The van der Waals surface area contributed by atoms with Gasteiger partial charge < -0.3 is 15.8 Å². The molecule has 7 heteroatoms. The van der Waals surface area contributed by atoms with Crippen LogP contribution in [-0.2, 0) is 25.1 Å². The first kappa shape index (κ1) is 15.0. The molecule has 16 heavy (non-hydrogen) atoms. The van der Waals surface area contributed by atoms with Crippen molar-refractivity contribution in [2.24, 2.45) is 5.73 Å². The average Bonchev–Trinajstić information content (AvgIpc) is 2.15. The Morgan fingerprint density at radius 3 is 2.50 bits per heavy atom. The van der Waals surface area contributed by atoms with Crippen molar-refractivity contribution in [1.29, 1.82) is 0 Å². The zero-order valence-electron chi connectivity index (χ0n) is 9.69. The van der Waals surface area contributed by atoms with E-state index in [0.717, 1.165) is 0 Å². The van der Waals surface area contributed by atoms with Crippen molar-refractivity contribution < 1.29 is 18.5 Å². The van der Waals surface area contributed by atoms with Crippen LogP contribution in [0.4, 0.5) is 0 Å². The van der Waals surface area contributed by atoms with E-state index in [1.807, 2.05) is 0 Å². The Hall–Kier alpha value is -0.950. The van der Waals surface area contributed by atoms with Gasteiger partial charge in [0.25, 0.3) is 0 Å². The van der Waals surface area contributed by atoms with E-state index in [1.165, 1.54) is 6.26 Å². The zero-order valence-corrected chi connectivity index (χ0v) is 10.5. The number of esters is 1. The summed E-state index contributed by atoms with van der Waals surface area (Å²) in [5.41, 5.74) is 5.36. The van der Waals surface area contributed by atoms with Crippen LogP contribution in [0.2, 0.25) is 0 Å². The number of carbonyl (C=O) groups is 2. The largest absolute Gasteiger partial charge is 0.464 e. The van der Waals surface area contributed by atoms with Gasteiger partial charge in [-0.1, -0.05) is 0 Å². The van der Waals surface area contributed by atoms with Crippen molar-refractivity contribution in [1.82, 2.24) is 5.32 Å². The first-order chi connectivity index (χ1) is 7.38. The molecule has 0 heterocycles. The summed E-state index contributed by atoms with van der Waals surface area (Å²) in [5.74, 6) is -1.05. The monoisotopic (exact) mass is 250 g/mol. The van der Waals surface area contributed by atoms with Gasteiger partial charge in [0.2, 0.25) is 5.91 Å². The highest BCUT2D eigenvalue weighted by Gasteiger charge is 2.24. The second kappa shape index (κ2) is 7.34. The Balaban J connectivity index is 4.14. The summed E-state index contributed by atoms with van der Waals surface area (Å²) in [5, 5.41) is 2.49. The van der Waals surface area contributed by atoms with Crippen LogP contribution in [-0.4, -0.2) is 46.8 Å². The molecule has 0 fully saturated rings. The summed E-state index contributed by atoms with van der Waals surface area (Å²) in [6.07, 6.45) is 1.54. The van der Waals surface area contributed by atoms with E-state index in [4.69, 9.17) is 5.73 Å². The Kier molecular flexibility index (Phi) is 6.91. The van der Waals surface area contributed by atoms with Crippen LogP contribution in [0.3, 0.4) is 0 Å². The molecule has 0 aliphatic rings. The predicted molar refractivity (Wildman–Crippen MR) is 61.1 cm³/mol. The summed E-state index contributed by atoms with van der Waals surface area (Å²) in [6, 6.07) is -1.62. The van der Waals surface area contributed by atoms with Gasteiger partial charge >= 0.3 is 5.97 Å². The van der Waals surface area contributed by atoms with E-state index in [2.05, 4.69) is 10.1 Å². The lowest BCUT2D eigenvalue weighted by Gasteiger charge is -2.15. The van der Waals surface area contributed by atoms with E-state index in [1.54, 1.807) is 13.8 Å². The molecule has 0 bridgehead atoms. The van der Waals surface area contributed by atoms with Crippen molar-refractivity contribution in [3.63, 3.8) is 0 Å². The highest BCUT2D eigenvalue weighted by molar-refractivity contribution is 7.84. The maximum Gasteiger partial charge on any atom is 0.332 e. The molecule has 0 aromatic rings. The minimum atomic E-state index is -1.33. The minimum Gasteiger partial charge on any atom is -0.464 e. The van der Waals surface area contributed by atoms with Crippen molar-refractivity contribution in [3.8, 4) is 0 Å². The second-order valence-corrected chi connectivity index (χ2v) is 4.86. The number of hydrogen-bond acceptors (Lipinski definition) is 5. The van der Waals surface area contributed by atoms with Gasteiger partial charge in [0.05, 0.1) is 6.61 Å². The smallest absolute Gasteiger partial charge is 0.332 e. The minimum absolute atomic E-state index is 0.175. The molecule has 0 aliphatic carbocycles. The van der Waals surface area contributed by atoms with Crippen molar-refractivity contribution in [3.05, 3.63) is 0 Å². The average molecular weight is 250 g/mol. The number of nitrogens with one attached hydrogen (secondary N) is 1. The van der Waals surface area contributed by atoms with E-state index >= 15 is 0 Å². The molecule has 94 valence electrons. The highest BCUT2D eigenvalue weighted by Crippen LogP contribution is 1.90. The van der Waals surface area contributed by atoms with E-state index in [0.29, 0.717) is 5.75 Å². The molecule has 0 saturated carbocycles. The lowest BCUT2D eigenvalue weighted by Crippen LogP contribution is -2.50. The molecule has 0 aromatic heterocycles. The van der Waals surface area contributed by atoms with E-state index in [-0.39, 0.29) is 12.6 Å². The van der Waals surface area contributed by atoms with Gasteiger partial charge in [-0.3, -0.25) is 9.00 Å². The molecular weight excluding hydrogens is 232 g/mol. The van der Waals surface area contributed by atoms with Gasteiger partial charge in [0.1, 0.15) is 0 Å². The van der Waals surface area contributed by atoms with Crippen LogP contribution in [0, 0.1) is 0 Å². The number of hydrogen-bond donors (Lipinski definition) is 2. The Labute approximate surface area is 97.4 Å².